The predicted molar refractivity (Wildman–Crippen MR) is 74.5 cm³/mol. The van der Waals surface area contributed by atoms with Crippen molar-refractivity contribution in [2.24, 2.45) is 0 Å². The monoisotopic (exact) mass is 243 g/mol. The highest BCUT2D eigenvalue weighted by Gasteiger charge is 2.09. The van der Waals surface area contributed by atoms with Crippen molar-refractivity contribution in [3.63, 3.8) is 0 Å². The first-order chi connectivity index (χ1) is 8.88. The van der Waals surface area contributed by atoms with Gasteiger partial charge in [-0.2, -0.15) is 0 Å². The second kappa shape index (κ2) is 6.97. The third kappa shape index (κ3) is 4.00. The number of aromatic nitrogens is 2. The molecule has 0 amide bonds. The molecule has 0 bridgehead atoms. The van der Waals surface area contributed by atoms with Gasteiger partial charge in [0.15, 0.2) is 0 Å². The van der Waals surface area contributed by atoms with Gasteiger partial charge in [0.05, 0.1) is 0 Å². The van der Waals surface area contributed by atoms with Crippen LogP contribution in [0.1, 0.15) is 24.7 Å². The molecule has 3 heteroatoms. The molecule has 2 rings (SSSR count). The Balaban J connectivity index is 1.86. The topological polar surface area (TPSA) is 40.7 Å². The predicted octanol–water partition coefficient (Wildman–Crippen LogP) is 2.56. The van der Waals surface area contributed by atoms with Crippen LogP contribution in [0.15, 0.2) is 42.7 Å². The van der Waals surface area contributed by atoms with Crippen LogP contribution in [0.5, 0.6) is 0 Å². The van der Waals surface area contributed by atoms with Gasteiger partial charge in [0, 0.05) is 24.9 Å². The summed E-state index contributed by atoms with van der Waals surface area (Å²) in [5.41, 5.74) is 1.40. The van der Waals surface area contributed by atoms with Crippen LogP contribution in [0.3, 0.4) is 0 Å². The van der Waals surface area contributed by atoms with Crippen molar-refractivity contribution in [1.82, 2.24) is 15.3 Å². The van der Waals surface area contributed by atoms with E-state index in [4.69, 9.17) is 0 Å². The largest absolute Gasteiger partial charge is 0.349 e. The van der Waals surface area contributed by atoms with Crippen LogP contribution < -0.4 is 5.32 Å². The number of benzene rings is 1. The number of rotatable bonds is 7. The van der Waals surface area contributed by atoms with Gasteiger partial charge in [-0.05, 0) is 24.9 Å². The minimum absolute atomic E-state index is 0.487. The number of aromatic amines is 1. The van der Waals surface area contributed by atoms with Crippen molar-refractivity contribution in [1.29, 1.82) is 0 Å². The molecule has 0 aliphatic rings. The average molecular weight is 243 g/mol. The van der Waals surface area contributed by atoms with Crippen LogP contribution in [0.2, 0.25) is 0 Å². The molecule has 18 heavy (non-hydrogen) atoms. The Morgan fingerprint density at radius 1 is 1.28 bits per heavy atom. The summed E-state index contributed by atoms with van der Waals surface area (Å²) in [6.07, 6.45) is 6.91. The molecule has 96 valence electrons. The van der Waals surface area contributed by atoms with Crippen molar-refractivity contribution >= 4 is 0 Å². The highest BCUT2D eigenvalue weighted by atomic mass is 14.9. The number of hydrogen-bond donors (Lipinski definition) is 2. The Kier molecular flexibility index (Phi) is 4.97. The summed E-state index contributed by atoms with van der Waals surface area (Å²) in [6.45, 7) is 3.15. The number of aryl methyl sites for hydroxylation is 1. The molecular weight excluding hydrogens is 222 g/mol. The molecule has 0 aliphatic carbocycles. The fraction of sp³-hybridized carbons (Fsp3) is 0.400. The Bertz CT molecular complexity index is 422. The molecule has 2 N–H and O–H groups in total. The van der Waals surface area contributed by atoms with E-state index in [9.17, 15) is 0 Å². The summed E-state index contributed by atoms with van der Waals surface area (Å²) in [7, 11) is 0. The molecule has 0 saturated heterocycles. The second-order valence-electron chi connectivity index (χ2n) is 4.52. The van der Waals surface area contributed by atoms with Crippen molar-refractivity contribution in [3.8, 4) is 0 Å². The fourth-order valence-electron chi connectivity index (χ4n) is 2.19. The molecule has 1 heterocycles. The first kappa shape index (κ1) is 12.8. The van der Waals surface area contributed by atoms with Gasteiger partial charge in [0.2, 0.25) is 0 Å². The lowest BCUT2D eigenvalue weighted by atomic mass is 10.0. The Morgan fingerprint density at radius 2 is 2.11 bits per heavy atom. The van der Waals surface area contributed by atoms with E-state index in [1.807, 2.05) is 12.4 Å². The maximum Gasteiger partial charge on any atom is 0.107 e. The van der Waals surface area contributed by atoms with E-state index in [1.54, 1.807) is 0 Å². The first-order valence-electron chi connectivity index (χ1n) is 6.64. The minimum Gasteiger partial charge on any atom is -0.349 e. The molecular formula is C15H21N3. The molecule has 2 aromatic rings. The van der Waals surface area contributed by atoms with Crippen molar-refractivity contribution in [3.05, 3.63) is 54.1 Å². The Labute approximate surface area is 109 Å². The average Bonchev–Trinajstić information content (AvgIpc) is 2.90. The normalized spacial score (nSPS) is 12.5. The van der Waals surface area contributed by atoms with E-state index < -0.39 is 0 Å². The van der Waals surface area contributed by atoms with E-state index in [1.165, 1.54) is 5.56 Å². The van der Waals surface area contributed by atoms with E-state index >= 15 is 0 Å². The molecule has 1 unspecified atom stereocenters. The number of nitrogens with zero attached hydrogens (tertiary/aromatic N) is 1. The quantitative estimate of drug-likeness (QED) is 0.784. The van der Waals surface area contributed by atoms with Gasteiger partial charge in [-0.1, -0.05) is 37.3 Å². The van der Waals surface area contributed by atoms with Gasteiger partial charge in [0.1, 0.15) is 5.82 Å². The molecule has 1 aromatic heterocycles. The molecule has 0 fully saturated rings. The van der Waals surface area contributed by atoms with Crippen LogP contribution in [0, 0.1) is 0 Å². The Hall–Kier alpha value is -1.61. The molecule has 1 aromatic carbocycles. The van der Waals surface area contributed by atoms with Crippen LogP contribution >= 0.6 is 0 Å². The maximum absolute atomic E-state index is 4.30. The summed E-state index contributed by atoms with van der Waals surface area (Å²) >= 11 is 0. The SMILES string of the molecule is CCNC(CCc1ccccc1)Cc1ncc[nH]1. The summed E-state index contributed by atoms with van der Waals surface area (Å²) in [5, 5.41) is 3.53. The zero-order valence-corrected chi connectivity index (χ0v) is 10.9. The summed E-state index contributed by atoms with van der Waals surface area (Å²) in [5.74, 6) is 1.06. The highest BCUT2D eigenvalue weighted by molar-refractivity contribution is 5.14. The zero-order valence-electron chi connectivity index (χ0n) is 10.9. The molecule has 0 saturated carbocycles. The van der Waals surface area contributed by atoms with Crippen LogP contribution in [0.25, 0.3) is 0 Å². The summed E-state index contributed by atoms with van der Waals surface area (Å²) in [4.78, 5) is 7.47. The fourth-order valence-corrected chi connectivity index (χ4v) is 2.19. The van der Waals surface area contributed by atoms with Crippen LogP contribution in [-0.4, -0.2) is 22.6 Å². The molecule has 3 nitrogen and oxygen atoms in total. The van der Waals surface area contributed by atoms with E-state index in [0.29, 0.717) is 6.04 Å². The van der Waals surface area contributed by atoms with Crippen molar-refractivity contribution in [2.75, 3.05) is 6.54 Å². The van der Waals surface area contributed by atoms with E-state index in [2.05, 4.69) is 52.5 Å². The number of H-pyrrole nitrogens is 1. The Morgan fingerprint density at radius 3 is 2.78 bits per heavy atom. The smallest absolute Gasteiger partial charge is 0.107 e. The number of nitrogens with one attached hydrogen (secondary N) is 2. The van der Waals surface area contributed by atoms with E-state index in [0.717, 1.165) is 31.6 Å². The maximum atomic E-state index is 4.30. The van der Waals surface area contributed by atoms with E-state index in [-0.39, 0.29) is 0 Å². The molecule has 0 spiro atoms. The van der Waals surface area contributed by atoms with Gasteiger partial charge < -0.3 is 10.3 Å². The number of hydrogen-bond acceptors (Lipinski definition) is 2. The lowest BCUT2D eigenvalue weighted by Crippen LogP contribution is -2.31. The highest BCUT2D eigenvalue weighted by Crippen LogP contribution is 2.08. The lowest BCUT2D eigenvalue weighted by molar-refractivity contribution is 0.483. The number of likely N-dealkylation sites (N-methyl/N-ethyl adjacent to an activating group) is 1. The zero-order chi connectivity index (χ0) is 12.6. The molecule has 0 aliphatic heterocycles. The minimum atomic E-state index is 0.487. The molecule has 1 atom stereocenters. The van der Waals surface area contributed by atoms with Crippen LogP contribution in [0.4, 0.5) is 0 Å². The van der Waals surface area contributed by atoms with Crippen LogP contribution in [-0.2, 0) is 12.8 Å². The van der Waals surface area contributed by atoms with Gasteiger partial charge in [0.25, 0.3) is 0 Å². The van der Waals surface area contributed by atoms with Gasteiger partial charge in [-0.15, -0.1) is 0 Å². The third-order valence-electron chi connectivity index (χ3n) is 3.11. The summed E-state index contributed by atoms with van der Waals surface area (Å²) in [6, 6.07) is 11.1. The summed E-state index contributed by atoms with van der Waals surface area (Å²) < 4.78 is 0. The van der Waals surface area contributed by atoms with Gasteiger partial charge in [-0.3, -0.25) is 0 Å². The van der Waals surface area contributed by atoms with Crippen molar-refractivity contribution < 1.29 is 0 Å². The lowest BCUT2D eigenvalue weighted by Gasteiger charge is -2.16. The van der Waals surface area contributed by atoms with Crippen molar-refractivity contribution in [2.45, 2.75) is 32.2 Å². The van der Waals surface area contributed by atoms with Gasteiger partial charge >= 0.3 is 0 Å². The third-order valence-corrected chi connectivity index (χ3v) is 3.11. The standard InChI is InChI=1S/C15H21N3/c1-2-16-14(12-15-17-10-11-18-15)9-8-13-6-4-3-5-7-13/h3-7,10-11,14,16H,2,8-9,12H2,1H3,(H,17,18). The second-order valence-corrected chi connectivity index (χ2v) is 4.52. The molecule has 0 radical (unpaired) electrons. The van der Waals surface area contributed by atoms with Gasteiger partial charge in [-0.25, -0.2) is 4.98 Å². The number of imidazole rings is 1. The first-order valence-corrected chi connectivity index (χ1v) is 6.64.